The Hall–Kier alpha value is -0.570. The standard InChI is InChI=1S/C12H17NO.ClH/c1-14-12-7-8-13(10-12)9-11-5-3-2-4-6-11;/h2-6,12H,7-10H2,1H3;1H. The molecule has 0 N–H and O–H groups in total. The highest BCUT2D eigenvalue weighted by Crippen LogP contribution is 2.14. The number of nitrogens with zero attached hydrogens (tertiary/aromatic N) is 1. The summed E-state index contributed by atoms with van der Waals surface area (Å²) in [6.45, 7) is 3.29. The number of halogens is 1. The van der Waals surface area contributed by atoms with Crippen LogP contribution in [0.4, 0.5) is 0 Å². The molecule has 2 rings (SSSR count). The third-order valence-corrected chi connectivity index (χ3v) is 2.81. The molecule has 1 atom stereocenters. The summed E-state index contributed by atoms with van der Waals surface area (Å²) < 4.78 is 5.34. The maximum absolute atomic E-state index is 5.34. The Balaban J connectivity index is 0.00000112. The van der Waals surface area contributed by atoms with Crippen LogP contribution in [0.5, 0.6) is 0 Å². The van der Waals surface area contributed by atoms with Gasteiger partial charge in [0.25, 0.3) is 0 Å². The molecule has 0 amide bonds. The van der Waals surface area contributed by atoms with Gasteiger partial charge in [0.2, 0.25) is 0 Å². The third-order valence-electron chi connectivity index (χ3n) is 2.81. The molecular weight excluding hydrogens is 210 g/mol. The van der Waals surface area contributed by atoms with Crippen LogP contribution in [0.3, 0.4) is 0 Å². The molecule has 15 heavy (non-hydrogen) atoms. The molecule has 0 aliphatic carbocycles. The zero-order chi connectivity index (χ0) is 9.80. The lowest BCUT2D eigenvalue weighted by Gasteiger charge is -2.15. The van der Waals surface area contributed by atoms with Crippen molar-refractivity contribution in [3.63, 3.8) is 0 Å². The van der Waals surface area contributed by atoms with Gasteiger partial charge in [-0.3, -0.25) is 4.90 Å². The van der Waals surface area contributed by atoms with Crippen LogP contribution in [0.15, 0.2) is 30.3 Å². The Bertz CT molecular complexity index is 278. The van der Waals surface area contributed by atoms with Gasteiger partial charge in [-0.25, -0.2) is 0 Å². The van der Waals surface area contributed by atoms with Crippen LogP contribution < -0.4 is 0 Å². The second-order valence-electron chi connectivity index (χ2n) is 3.87. The first-order valence-corrected chi connectivity index (χ1v) is 5.17. The second-order valence-corrected chi connectivity index (χ2v) is 3.87. The van der Waals surface area contributed by atoms with E-state index in [2.05, 4.69) is 35.2 Å². The predicted octanol–water partition coefficient (Wildman–Crippen LogP) is 2.33. The molecule has 1 aromatic carbocycles. The first-order valence-electron chi connectivity index (χ1n) is 5.17. The summed E-state index contributed by atoms with van der Waals surface area (Å²) in [7, 11) is 1.80. The van der Waals surface area contributed by atoms with Gasteiger partial charge in [-0.15, -0.1) is 12.4 Å². The Kier molecular flexibility index (Phi) is 5.09. The Morgan fingerprint density at radius 2 is 2.07 bits per heavy atom. The first kappa shape index (κ1) is 12.5. The molecular formula is C12H18ClNO. The van der Waals surface area contributed by atoms with Crippen LogP contribution in [-0.2, 0) is 11.3 Å². The summed E-state index contributed by atoms with van der Waals surface area (Å²) in [5.41, 5.74) is 1.39. The van der Waals surface area contributed by atoms with Crippen LogP contribution in [-0.4, -0.2) is 31.2 Å². The number of benzene rings is 1. The summed E-state index contributed by atoms with van der Waals surface area (Å²) in [4.78, 5) is 2.45. The summed E-state index contributed by atoms with van der Waals surface area (Å²) in [6.07, 6.45) is 1.61. The van der Waals surface area contributed by atoms with Gasteiger partial charge in [0.1, 0.15) is 0 Å². The number of hydrogen-bond donors (Lipinski definition) is 0. The largest absolute Gasteiger partial charge is 0.380 e. The minimum absolute atomic E-state index is 0. The monoisotopic (exact) mass is 227 g/mol. The van der Waals surface area contributed by atoms with E-state index < -0.39 is 0 Å². The highest BCUT2D eigenvalue weighted by molar-refractivity contribution is 5.85. The Labute approximate surface area is 97.6 Å². The summed E-state index contributed by atoms with van der Waals surface area (Å²) in [5.74, 6) is 0. The lowest BCUT2D eigenvalue weighted by molar-refractivity contribution is 0.107. The lowest BCUT2D eigenvalue weighted by atomic mass is 10.2. The molecule has 1 saturated heterocycles. The summed E-state index contributed by atoms with van der Waals surface area (Å²) >= 11 is 0. The van der Waals surface area contributed by atoms with Crippen molar-refractivity contribution in [3.8, 4) is 0 Å². The van der Waals surface area contributed by atoms with Gasteiger partial charge in [0.15, 0.2) is 0 Å². The van der Waals surface area contributed by atoms with Crippen molar-refractivity contribution in [2.45, 2.75) is 19.1 Å². The van der Waals surface area contributed by atoms with Gasteiger partial charge in [-0.2, -0.15) is 0 Å². The fourth-order valence-electron chi connectivity index (χ4n) is 1.97. The van der Waals surface area contributed by atoms with E-state index in [1.807, 2.05) is 0 Å². The van der Waals surface area contributed by atoms with Gasteiger partial charge in [-0.1, -0.05) is 30.3 Å². The third kappa shape index (κ3) is 3.49. The van der Waals surface area contributed by atoms with Crippen LogP contribution in [0, 0.1) is 0 Å². The molecule has 1 unspecified atom stereocenters. The maximum Gasteiger partial charge on any atom is 0.0710 e. The van der Waals surface area contributed by atoms with Crippen LogP contribution in [0.2, 0.25) is 0 Å². The van der Waals surface area contributed by atoms with E-state index in [9.17, 15) is 0 Å². The fraction of sp³-hybridized carbons (Fsp3) is 0.500. The van der Waals surface area contributed by atoms with E-state index in [1.54, 1.807) is 7.11 Å². The van der Waals surface area contributed by atoms with Crippen molar-refractivity contribution in [2.75, 3.05) is 20.2 Å². The molecule has 1 aliphatic rings. The van der Waals surface area contributed by atoms with E-state index in [0.717, 1.165) is 19.6 Å². The molecule has 0 aromatic heterocycles. The molecule has 0 bridgehead atoms. The van der Waals surface area contributed by atoms with E-state index in [0.29, 0.717) is 6.10 Å². The average molecular weight is 228 g/mol. The summed E-state index contributed by atoms with van der Waals surface area (Å²) in [6, 6.07) is 10.6. The van der Waals surface area contributed by atoms with Crippen molar-refractivity contribution in [1.82, 2.24) is 4.90 Å². The molecule has 2 nitrogen and oxygen atoms in total. The second kappa shape index (κ2) is 6.11. The molecule has 1 heterocycles. The van der Waals surface area contributed by atoms with E-state index in [4.69, 9.17) is 4.74 Å². The smallest absolute Gasteiger partial charge is 0.0710 e. The topological polar surface area (TPSA) is 12.5 Å². The predicted molar refractivity (Wildman–Crippen MR) is 64.4 cm³/mol. The minimum Gasteiger partial charge on any atom is -0.380 e. The molecule has 1 aliphatic heterocycles. The van der Waals surface area contributed by atoms with Gasteiger partial charge in [0, 0.05) is 26.7 Å². The van der Waals surface area contributed by atoms with Crippen molar-refractivity contribution in [1.29, 1.82) is 0 Å². The van der Waals surface area contributed by atoms with E-state index in [1.165, 1.54) is 12.0 Å². The molecule has 3 heteroatoms. The molecule has 84 valence electrons. The van der Waals surface area contributed by atoms with Crippen molar-refractivity contribution >= 4 is 12.4 Å². The molecule has 1 fully saturated rings. The van der Waals surface area contributed by atoms with Gasteiger partial charge in [-0.05, 0) is 12.0 Å². The zero-order valence-electron chi connectivity index (χ0n) is 9.06. The van der Waals surface area contributed by atoms with Crippen molar-refractivity contribution < 1.29 is 4.74 Å². The Morgan fingerprint density at radius 1 is 1.33 bits per heavy atom. The minimum atomic E-state index is 0. The normalized spacial score (nSPS) is 21.3. The number of rotatable bonds is 3. The highest BCUT2D eigenvalue weighted by Gasteiger charge is 2.21. The van der Waals surface area contributed by atoms with Crippen molar-refractivity contribution in [3.05, 3.63) is 35.9 Å². The molecule has 0 saturated carbocycles. The maximum atomic E-state index is 5.34. The molecule has 0 radical (unpaired) electrons. The quantitative estimate of drug-likeness (QED) is 0.786. The number of methoxy groups -OCH3 is 1. The highest BCUT2D eigenvalue weighted by atomic mass is 35.5. The molecule has 0 spiro atoms. The summed E-state index contributed by atoms with van der Waals surface area (Å²) in [5, 5.41) is 0. The van der Waals surface area contributed by atoms with Gasteiger partial charge < -0.3 is 4.74 Å². The average Bonchev–Trinajstić information content (AvgIpc) is 2.67. The van der Waals surface area contributed by atoms with Crippen molar-refractivity contribution in [2.24, 2.45) is 0 Å². The van der Waals surface area contributed by atoms with E-state index >= 15 is 0 Å². The lowest BCUT2D eigenvalue weighted by Crippen LogP contribution is -2.22. The number of likely N-dealkylation sites (tertiary alicyclic amines) is 1. The molecule has 1 aromatic rings. The first-order chi connectivity index (χ1) is 6.88. The zero-order valence-corrected chi connectivity index (χ0v) is 9.87. The Morgan fingerprint density at radius 3 is 2.67 bits per heavy atom. The fourth-order valence-corrected chi connectivity index (χ4v) is 1.97. The van der Waals surface area contributed by atoms with Crippen LogP contribution >= 0.6 is 12.4 Å². The van der Waals surface area contributed by atoms with Gasteiger partial charge in [0.05, 0.1) is 6.10 Å². The number of hydrogen-bond acceptors (Lipinski definition) is 2. The SMILES string of the molecule is COC1CCN(Cc2ccccc2)C1.Cl. The van der Waals surface area contributed by atoms with Gasteiger partial charge >= 0.3 is 0 Å². The van der Waals surface area contributed by atoms with Crippen LogP contribution in [0.25, 0.3) is 0 Å². The van der Waals surface area contributed by atoms with Crippen LogP contribution in [0.1, 0.15) is 12.0 Å². The van der Waals surface area contributed by atoms with E-state index in [-0.39, 0.29) is 12.4 Å². The number of ether oxygens (including phenoxy) is 1.